The van der Waals surface area contributed by atoms with Gasteiger partial charge < -0.3 is 16.3 Å². The highest BCUT2D eigenvalue weighted by molar-refractivity contribution is 8.07. The number of benzene rings is 2. The van der Waals surface area contributed by atoms with E-state index < -0.39 is 9.84 Å². The summed E-state index contributed by atoms with van der Waals surface area (Å²) in [5.41, 5.74) is 8.34. The van der Waals surface area contributed by atoms with Crippen LogP contribution in [0.3, 0.4) is 0 Å². The Morgan fingerprint density at radius 3 is 2.44 bits per heavy atom. The van der Waals surface area contributed by atoms with Crippen LogP contribution in [-0.2, 0) is 16.4 Å². The van der Waals surface area contributed by atoms with Crippen LogP contribution in [-0.4, -0.2) is 26.8 Å². The van der Waals surface area contributed by atoms with Crippen molar-refractivity contribution in [3.63, 3.8) is 0 Å². The van der Waals surface area contributed by atoms with Crippen LogP contribution in [0.5, 0.6) is 0 Å². The third-order valence-corrected chi connectivity index (χ3v) is 5.61. The highest BCUT2D eigenvalue weighted by Crippen LogP contribution is 2.19. The largest absolute Gasteiger partial charge is 0.420 e. The van der Waals surface area contributed by atoms with Gasteiger partial charge in [-0.2, -0.15) is 0 Å². The van der Waals surface area contributed by atoms with Gasteiger partial charge in [0.15, 0.2) is 9.84 Å². The van der Waals surface area contributed by atoms with Gasteiger partial charge in [0.05, 0.1) is 16.3 Å². The molecule has 0 aliphatic rings. The third-order valence-electron chi connectivity index (χ3n) is 3.70. The van der Waals surface area contributed by atoms with E-state index in [1.54, 1.807) is 49.4 Å². The van der Waals surface area contributed by atoms with Crippen LogP contribution in [0.15, 0.2) is 47.4 Å². The van der Waals surface area contributed by atoms with Crippen molar-refractivity contribution in [1.82, 2.24) is 5.32 Å². The first-order chi connectivity index (χ1) is 11.9. The zero-order chi connectivity index (χ0) is 18.4. The van der Waals surface area contributed by atoms with Crippen LogP contribution in [0.25, 0.3) is 0 Å². The van der Waals surface area contributed by atoms with Crippen molar-refractivity contribution in [2.45, 2.75) is 18.4 Å². The minimum atomic E-state index is -3.22. The van der Waals surface area contributed by atoms with E-state index in [9.17, 15) is 13.2 Å². The molecular weight excluding hydrogens is 357 g/mol. The molecular formula is C16H20BN3O3S2. The van der Waals surface area contributed by atoms with Crippen molar-refractivity contribution in [2.24, 2.45) is 0 Å². The van der Waals surface area contributed by atoms with Gasteiger partial charge in [-0.05, 0) is 35.9 Å². The number of hydrogen-bond donors (Lipinski definition) is 4. The number of nitrogen functional groups attached to an aromatic ring is 1. The quantitative estimate of drug-likeness (QED) is 0.334. The standard InChI is InChI=1S/C16H20BN3O3S2/c1-2-25(22,23)13-6-3-11(4-7-13)10-19-16(21)12-5-8-15(20-17-24)14(18)9-12/h3-9,17,20,24H,2,10,18H2,1H3,(H,19,21). The van der Waals surface area contributed by atoms with Gasteiger partial charge in [-0.25, -0.2) is 20.9 Å². The highest BCUT2D eigenvalue weighted by atomic mass is 32.2. The van der Waals surface area contributed by atoms with Crippen LogP contribution < -0.4 is 16.3 Å². The summed E-state index contributed by atoms with van der Waals surface area (Å²) in [7, 11) is -3.22. The second kappa shape index (κ2) is 8.31. The maximum absolute atomic E-state index is 12.2. The molecule has 0 atom stereocenters. The summed E-state index contributed by atoms with van der Waals surface area (Å²) in [6.45, 7) is 2.34. The Balaban J connectivity index is 2.01. The lowest BCUT2D eigenvalue weighted by Crippen LogP contribution is -2.23. The maximum Gasteiger partial charge on any atom is 0.298 e. The normalized spacial score (nSPS) is 11.0. The molecule has 0 saturated heterocycles. The Labute approximate surface area is 153 Å². The van der Waals surface area contributed by atoms with E-state index in [1.807, 2.05) is 0 Å². The Hall–Kier alpha value is -2.13. The lowest BCUT2D eigenvalue weighted by Gasteiger charge is -2.10. The molecule has 0 aliphatic heterocycles. The predicted molar refractivity (Wildman–Crippen MR) is 106 cm³/mol. The van der Waals surface area contributed by atoms with E-state index in [4.69, 9.17) is 5.73 Å². The number of sulfone groups is 1. The number of carbonyl (C=O) groups is 1. The van der Waals surface area contributed by atoms with Crippen LogP contribution >= 0.6 is 12.5 Å². The maximum atomic E-state index is 12.2. The minimum absolute atomic E-state index is 0.0581. The average molecular weight is 377 g/mol. The number of thiol groups is 1. The van der Waals surface area contributed by atoms with E-state index in [2.05, 4.69) is 23.0 Å². The first-order valence-electron chi connectivity index (χ1n) is 7.71. The number of amides is 1. The van der Waals surface area contributed by atoms with Gasteiger partial charge in [-0.3, -0.25) is 4.79 Å². The lowest BCUT2D eigenvalue weighted by molar-refractivity contribution is 0.0951. The number of anilines is 2. The summed E-state index contributed by atoms with van der Waals surface area (Å²) in [5.74, 6) is -0.197. The molecule has 0 radical (unpaired) electrons. The van der Waals surface area contributed by atoms with E-state index in [-0.39, 0.29) is 16.6 Å². The molecule has 25 heavy (non-hydrogen) atoms. The van der Waals surface area contributed by atoms with Gasteiger partial charge in [0.25, 0.3) is 12.6 Å². The number of rotatable bonds is 7. The van der Waals surface area contributed by atoms with Crippen molar-refractivity contribution in [1.29, 1.82) is 0 Å². The fourth-order valence-electron chi connectivity index (χ4n) is 2.22. The number of hydrogen-bond acceptors (Lipinski definition) is 6. The molecule has 0 fully saturated rings. The smallest absolute Gasteiger partial charge is 0.298 e. The summed E-state index contributed by atoms with van der Waals surface area (Å²) >= 11 is 4.07. The molecule has 0 heterocycles. The van der Waals surface area contributed by atoms with Crippen LogP contribution in [0.1, 0.15) is 22.8 Å². The van der Waals surface area contributed by atoms with Crippen LogP contribution in [0, 0.1) is 0 Å². The molecule has 2 rings (SSSR count). The number of nitrogens with two attached hydrogens (primary N) is 1. The zero-order valence-electron chi connectivity index (χ0n) is 13.8. The SMILES string of the molecule is CCS(=O)(=O)c1ccc(CNC(=O)c2ccc(NBS)c(N)c2)cc1. The topological polar surface area (TPSA) is 101 Å². The van der Waals surface area contributed by atoms with Crippen molar-refractivity contribution < 1.29 is 13.2 Å². The second-order valence-electron chi connectivity index (χ2n) is 5.37. The van der Waals surface area contributed by atoms with Gasteiger partial charge in [-0.15, -0.1) is 0 Å². The first kappa shape index (κ1) is 19.2. The minimum Gasteiger partial charge on any atom is -0.420 e. The van der Waals surface area contributed by atoms with Gasteiger partial charge in [0, 0.05) is 17.8 Å². The molecule has 0 aliphatic carbocycles. The third kappa shape index (κ3) is 4.93. The zero-order valence-corrected chi connectivity index (χ0v) is 15.5. The molecule has 2 aromatic rings. The van der Waals surface area contributed by atoms with Crippen molar-refractivity contribution >= 4 is 46.3 Å². The molecule has 1 amide bonds. The number of carbonyl (C=O) groups excluding carboxylic acids is 1. The summed E-state index contributed by atoms with van der Waals surface area (Å²) in [5, 5.41) is 5.77. The van der Waals surface area contributed by atoms with E-state index in [1.165, 1.54) is 0 Å². The molecule has 9 heteroatoms. The van der Waals surface area contributed by atoms with Crippen molar-refractivity contribution in [2.75, 3.05) is 16.7 Å². The highest BCUT2D eigenvalue weighted by Gasteiger charge is 2.11. The van der Waals surface area contributed by atoms with Crippen LogP contribution in [0.4, 0.5) is 11.4 Å². The molecule has 0 saturated carbocycles. The van der Waals surface area contributed by atoms with Gasteiger partial charge in [0.2, 0.25) is 0 Å². The fourth-order valence-corrected chi connectivity index (χ4v) is 3.27. The van der Waals surface area contributed by atoms with Gasteiger partial charge in [0.1, 0.15) is 0 Å². The fraction of sp³-hybridized carbons (Fsp3) is 0.188. The van der Waals surface area contributed by atoms with E-state index >= 15 is 0 Å². The predicted octanol–water partition coefficient (Wildman–Crippen LogP) is 1.60. The molecule has 0 unspecified atom stereocenters. The van der Waals surface area contributed by atoms with Gasteiger partial charge in [-0.1, -0.05) is 19.1 Å². The molecule has 0 spiro atoms. The molecule has 4 N–H and O–H groups in total. The van der Waals surface area contributed by atoms with Crippen molar-refractivity contribution in [3.8, 4) is 0 Å². The molecule has 2 aromatic carbocycles. The van der Waals surface area contributed by atoms with Crippen LogP contribution in [0.2, 0.25) is 0 Å². The van der Waals surface area contributed by atoms with Crippen molar-refractivity contribution in [3.05, 3.63) is 53.6 Å². The summed E-state index contributed by atoms with van der Waals surface area (Å²) in [6.07, 6.45) is 0. The Morgan fingerprint density at radius 1 is 1.20 bits per heavy atom. The Kier molecular flexibility index (Phi) is 6.38. The molecule has 0 aromatic heterocycles. The monoisotopic (exact) mass is 377 g/mol. The van der Waals surface area contributed by atoms with E-state index in [0.717, 1.165) is 11.3 Å². The summed E-state index contributed by atoms with van der Waals surface area (Å²) in [4.78, 5) is 12.5. The summed E-state index contributed by atoms with van der Waals surface area (Å²) in [6, 6.07) is 11.5. The van der Waals surface area contributed by atoms with E-state index in [0.29, 0.717) is 24.5 Å². The Bertz CT molecular complexity index is 855. The molecule has 6 nitrogen and oxygen atoms in total. The summed E-state index contributed by atoms with van der Waals surface area (Å²) < 4.78 is 23.6. The molecule has 132 valence electrons. The Morgan fingerprint density at radius 2 is 1.88 bits per heavy atom. The lowest BCUT2D eigenvalue weighted by atomic mass is 10.1. The second-order valence-corrected chi connectivity index (χ2v) is 7.96. The first-order valence-corrected chi connectivity index (χ1v) is 10.00. The average Bonchev–Trinajstić information content (AvgIpc) is 2.62. The van der Waals surface area contributed by atoms with Gasteiger partial charge >= 0.3 is 0 Å². The molecule has 0 bridgehead atoms. The number of nitrogens with one attached hydrogen (secondary N) is 2.